The number of amides is 1. The molecule has 9 heteroatoms. The second-order valence-electron chi connectivity index (χ2n) is 6.84. The van der Waals surface area contributed by atoms with Crippen LogP contribution < -0.4 is 5.32 Å². The van der Waals surface area contributed by atoms with E-state index < -0.39 is 5.91 Å². The van der Waals surface area contributed by atoms with Crippen LogP contribution in [0.3, 0.4) is 0 Å². The van der Waals surface area contributed by atoms with E-state index in [9.17, 15) is 9.18 Å². The summed E-state index contributed by atoms with van der Waals surface area (Å²) < 4.78 is 16.0. The van der Waals surface area contributed by atoms with Gasteiger partial charge in [-0.15, -0.1) is 5.10 Å². The van der Waals surface area contributed by atoms with Gasteiger partial charge in [0.15, 0.2) is 0 Å². The summed E-state index contributed by atoms with van der Waals surface area (Å²) in [5.41, 5.74) is 1.23. The van der Waals surface area contributed by atoms with Crippen LogP contribution in [0.1, 0.15) is 40.8 Å². The molecule has 3 heterocycles. The van der Waals surface area contributed by atoms with Crippen molar-refractivity contribution in [2.45, 2.75) is 25.8 Å². The standard InChI is InChI=1S/C19H20ClFN6O/c1-12-7-8-22-19-24-17(25-27(12)19)18(28)23-11-15(26-9-2-3-10-26)16-13(20)5-4-6-14(16)21/h4-8,15H,2-3,9-11H2,1H3,(H,23,28). The first kappa shape index (κ1) is 18.8. The molecule has 0 saturated carbocycles. The summed E-state index contributed by atoms with van der Waals surface area (Å²) in [5.74, 6) is -0.411. The molecule has 1 unspecified atom stereocenters. The third-order valence-corrected chi connectivity index (χ3v) is 5.33. The summed E-state index contributed by atoms with van der Waals surface area (Å²) in [6.07, 6.45) is 3.69. The van der Waals surface area contributed by atoms with Crippen LogP contribution in [0.4, 0.5) is 4.39 Å². The molecule has 2 aromatic heterocycles. The van der Waals surface area contributed by atoms with Crippen molar-refractivity contribution in [1.29, 1.82) is 0 Å². The van der Waals surface area contributed by atoms with Crippen molar-refractivity contribution in [3.8, 4) is 0 Å². The first-order valence-corrected chi connectivity index (χ1v) is 9.57. The van der Waals surface area contributed by atoms with E-state index in [1.54, 1.807) is 24.4 Å². The van der Waals surface area contributed by atoms with Gasteiger partial charge in [0.2, 0.25) is 5.82 Å². The third-order valence-electron chi connectivity index (χ3n) is 5.00. The van der Waals surface area contributed by atoms with Gasteiger partial charge in [0.25, 0.3) is 11.7 Å². The summed E-state index contributed by atoms with van der Waals surface area (Å²) in [4.78, 5) is 23.0. The molecule has 4 rings (SSSR count). The molecule has 3 aromatic rings. The Morgan fingerprint density at radius 3 is 2.82 bits per heavy atom. The molecule has 28 heavy (non-hydrogen) atoms. The summed E-state index contributed by atoms with van der Waals surface area (Å²) in [6.45, 7) is 3.73. The van der Waals surface area contributed by atoms with Gasteiger partial charge >= 0.3 is 0 Å². The van der Waals surface area contributed by atoms with E-state index in [4.69, 9.17) is 11.6 Å². The second-order valence-corrected chi connectivity index (χ2v) is 7.24. The van der Waals surface area contributed by atoms with Crippen molar-refractivity contribution in [2.24, 2.45) is 0 Å². The molecule has 1 saturated heterocycles. The van der Waals surface area contributed by atoms with Crippen molar-refractivity contribution < 1.29 is 9.18 Å². The first-order valence-electron chi connectivity index (χ1n) is 9.19. The highest BCUT2D eigenvalue weighted by atomic mass is 35.5. The molecule has 0 radical (unpaired) electrons. The Morgan fingerprint density at radius 2 is 2.11 bits per heavy atom. The number of likely N-dealkylation sites (tertiary alicyclic amines) is 1. The maximum atomic E-state index is 14.5. The number of nitrogens with zero attached hydrogens (tertiary/aromatic N) is 5. The van der Waals surface area contributed by atoms with Gasteiger partial charge in [-0.2, -0.15) is 4.98 Å². The Hall–Kier alpha value is -2.58. The normalized spacial score (nSPS) is 15.8. The predicted molar refractivity (Wildman–Crippen MR) is 103 cm³/mol. The number of carbonyl (C=O) groups excluding carboxylic acids is 1. The van der Waals surface area contributed by atoms with E-state index in [0.717, 1.165) is 31.6 Å². The van der Waals surface area contributed by atoms with Gasteiger partial charge in [-0.25, -0.2) is 13.9 Å². The van der Waals surface area contributed by atoms with E-state index >= 15 is 0 Å². The van der Waals surface area contributed by atoms with Crippen LogP contribution in [0.25, 0.3) is 5.78 Å². The largest absolute Gasteiger partial charge is 0.347 e. The van der Waals surface area contributed by atoms with Crippen molar-refractivity contribution in [2.75, 3.05) is 19.6 Å². The summed E-state index contributed by atoms with van der Waals surface area (Å²) >= 11 is 6.29. The van der Waals surface area contributed by atoms with Gasteiger partial charge in [0.05, 0.1) is 6.04 Å². The van der Waals surface area contributed by atoms with Gasteiger partial charge < -0.3 is 5.32 Å². The van der Waals surface area contributed by atoms with E-state index in [2.05, 4.69) is 25.3 Å². The van der Waals surface area contributed by atoms with Gasteiger partial charge in [-0.05, 0) is 51.1 Å². The summed E-state index contributed by atoms with van der Waals surface area (Å²) in [5, 5.41) is 7.41. The molecule has 0 aliphatic carbocycles. The Morgan fingerprint density at radius 1 is 1.32 bits per heavy atom. The van der Waals surface area contributed by atoms with Gasteiger partial charge in [-0.1, -0.05) is 17.7 Å². The number of nitrogens with one attached hydrogen (secondary N) is 1. The van der Waals surface area contributed by atoms with Crippen LogP contribution in [-0.4, -0.2) is 50.0 Å². The van der Waals surface area contributed by atoms with E-state index in [-0.39, 0.29) is 24.2 Å². The minimum atomic E-state index is -0.429. The molecule has 1 aliphatic rings. The SMILES string of the molecule is Cc1ccnc2nc(C(=O)NCC(c3c(F)cccc3Cl)N3CCCC3)nn12. The monoisotopic (exact) mass is 402 g/mol. The number of fused-ring (bicyclic) bond motifs is 1. The van der Waals surface area contributed by atoms with Gasteiger partial charge in [0.1, 0.15) is 5.82 Å². The minimum Gasteiger partial charge on any atom is -0.347 e. The molecule has 1 amide bonds. The number of rotatable bonds is 5. The van der Waals surface area contributed by atoms with E-state index in [1.807, 2.05) is 6.92 Å². The highest BCUT2D eigenvalue weighted by Crippen LogP contribution is 2.32. The molecule has 1 fully saturated rings. The second kappa shape index (κ2) is 7.81. The Labute approximate surface area is 166 Å². The highest BCUT2D eigenvalue weighted by molar-refractivity contribution is 6.31. The minimum absolute atomic E-state index is 0.0293. The molecule has 0 bridgehead atoms. The van der Waals surface area contributed by atoms with Crippen LogP contribution in [0.2, 0.25) is 5.02 Å². The summed E-state index contributed by atoms with van der Waals surface area (Å²) in [6, 6.07) is 6.08. The lowest BCUT2D eigenvalue weighted by molar-refractivity contribution is 0.0927. The Kier molecular flexibility index (Phi) is 5.23. The molecule has 1 atom stereocenters. The fraction of sp³-hybridized carbons (Fsp3) is 0.368. The maximum absolute atomic E-state index is 14.5. The first-order chi connectivity index (χ1) is 13.5. The van der Waals surface area contributed by atoms with E-state index in [1.165, 1.54) is 10.6 Å². The van der Waals surface area contributed by atoms with Gasteiger partial charge in [-0.3, -0.25) is 9.69 Å². The predicted octanol–water partition coefficient (Wildman–Crippen LogP) is 2.79. The molecule has 1 aliphatic heterocycles. The number of halogens is 2. The quantitative estimate of drug-likeness (QED) is 0.710. The van der Waals surface area contributed by atoms with Gasteiger partial charge in [0, 0.05) is 29.0 Å². The van der Waals surface area contributed by atoms with Crippen LogP contribution in [-0.2, 0) is 0 Å². The Bertz CT molecular complexity index is 997. The fourth-order valence-corrected chi connectivity index (χ4v) is 3.86. The molecule has 1 N–H and O–H groups in total. The third kappa shape index (κ3) is 3.57. The number of aromatic nitrogens is 4. The molecule has 1 aromatic carbocycles. The van der Waals surface area contributed by atoms with E-state index in [0.29, 0.717) is 16.4 Å². The molecule has 0 spiro atoms. The maximum Gasteiger partial charge on any atom is 0.291 e. The molecule has 7 nitrogen and oxygen atoms in total. The number of hydrogen-bond donors (Lipinski definition) is 1. The zero-order valence-electron chi connectivity index (χ0n) is 15.4. The topological polar surface area (TPSA) is 75.4 Å². The fourth-order valence-electron chi connectivity index (χ4n) is 3.57. The van der Waals surface area contributed by atoms with Crippen molar-refractivity contribution in [3.63, 3.8) is 0 Å². The number of hydrogen-bond acceptors (Lipinski definition) is 5. The van der Waals surface area contributed by atoms with Crippen LogP contribution in [0.15, 0.2) is 30.5 Å². The van der Waals surface area contributed by atoms with Crippen LogP contribution >= 0.6 is 11.6 Å². The van der Waals surface area contributed by atoms with Crippen LogP contribution in [0, 0.1) is 12.7 Å². The Balaban J connectivity index is 1.57. The zero-order valence-corrected chi connectivity index (χ0v) is 16.2. The summed E-state index contributed by atoms with van der Waals surface area (Å²) in [7, 11) is 0. The lowest BCUT2D eigenvalue weighted by Gasteiger charge is -2.29. The average Bonchev–Trinajstić information content (AvgIpc) is 3.34. The number of benzene rings is 1. The van der Waals surface area contributed by atoms with Crippen molar-refractivity contribution in [3.05, 3.63) is 58.4 Å². The molecular weight excluding hydrogens is 383 g/mol. The highest BCUT2D eigenvalue weighted by Gasteiger charge is 2.28. The average molecular weight is 403 g/mol. The lowest BCUT2D eigenvalue weighted by atomic mass is 10.0. The smallest absolute Gasteiger partial charge is 0.291 e. The number of carbonyl (C=O) groups is 1. The van der Waals surface area contributed by atoms with Crippen molar-refractivity contribution in [1.82, 2.24) is 29.8 Å². The molecule has 146 valence electrons. The number of aryl methyl sites for hydroxylation is 1. The van der Waals surface area contributed by atoms with Crippen LogP contribution in [0.5, 0.6) is 0 Å². The lowest BCUT2D eigenvalue weighted by Crippen LogP contribution is -2.37. The van der Waals surface area contributed by atoms with Crippen molar-refractivity contribution >= 4 is 23.3 Å². The molecular formula is C19H20ClFN6O. The zero-order chi connectivity index (χ0) is 19.7.